The number of nitrogens with one attached hydrogen (secondary N) is 1. The van der Waals surface area contributed by atoms with Crippen LogP contribution in [0.25, 0.3) is 11.3 Å². The summed E-state index contributed by atoms with van der Waals surface area (Å²) in [4.78, 5) is 23.8. The van der Waals surface area contributed by atoms with Crippen LogP contribution in [0.3, 0.4) is 0 Å². The van der Waals surface area contributed by atoms with Crippen LogP contribution in [0.5, 0.6) is 5.88 Å². The highest BCUT2D eigenvalue weighted by molar-refractivity contribution is 6.30. The van der Waals surface area contributed by atoms with E-state index in [2.05, 4.69) is 10.3 Å². The number of piperidine rings is 1. The van der Waals surface area contributed by atoms with Crippen LogP contribution in [-0.2, 0) is 11.6 Å². The number of carbonyl (C=O) groups is 1. The molecule has 38 heavy (non-hydrogen) atoms. The number of rotatable bonds is 5. The first kappa shape index (κ1) is 26.3. The Hall–Kier alpha value is -3.33. The molecule has 1 spiro atoms. The van der Waals surface area contributed by atoms with Crippen molar-refractivity contribution in [1.29, 1.82) is 0 Å². The molecule has 3 aromatic rings. The van der Waals surface area contributed by atoms with E-state index < -0.39 is 17.2 Å². The Morgan fingerprint density at radius 1 is 1.21 bits per heavy atom. The molecule has 1 fully saturated rings. The van der Waals surface area contributed by atoms with Crippen molar-refractivity contribution in [3.63, 3.8) is 0 Å². The second-order valence-corrected chi connectivity index (χ2v) is 10.1. The van der Waals surface area contributed by atoms with Crippen LogP contribution in [0.15, 0.2) is 48.7 Å². The summed E-state index contributed by atoms with van der Waals surface area (Å²) in [5.74, 6) is 0.164. The first-order valence-corrected chi connectivity index (χ1v) is 13.1. The predicted octanol–water partition coefficient (Wildman–Crippen LogP) is 6.13. The Labute approximate surface area is 224 Å². The third kappa shape index (κ3) is 4.57. The number of pyridine rings is 2. The standard InChI is InChI=1S/C28H28ClF3N4O2/c1-3-17-15-36(23-10-7-18(29)14-21(23)28(30,31)32)13-11-27(17)16-34-25(37)24-20(27)8-9-22(35-24)19-6-5-12-33-26(19)38-4-2/h5-10,12,14,17H,3-4,11,13,15-16H2,1-2H3,(H,34,37). The number of nitrogens with zero attached hydrogens (tertiary/aromatic N) is 3. The molecule has 0 radical (unpaired) electrons. The van der Waals surface area contributed by atoms with E-state index in [0.29, 0.717) is 55.5 Å². The van der Waals surface area contributed by atoms with Crippen molar-refractivity contribution in [1.82, 2.24) is 15.3 Å². The zero-order chi connectivity index (χ0) is 27.1. The normalized spacial score (nSPS) is 21.3. The van der Waals surface area contributed by atoms with Gasteiger partial charge in [-0.15, -0.1) is 0 Å². The second-order valence-electron chi connectivity index (χ2n) is 9.68. The molecule has 1 N–H and O–H groups in total. The first-order valence-electron chi connectivity index (χ1n) is 12.7. The summed E-state index contributed by atoms with van der Waals surface area (Å²) in [7, 11) is 0. The summed E-state index contributed by atoms with van der Waals surface area (Å²) < 4.78 is 47.2. The Morgan fingerprint density at radius 3 is 2.76 bits per heavy atom. The van der Waals surface area contributed by atoms with E-state index in [0.717, 1.165) is 18.1 Å². The zero-order valence-electron chi connectivity index (χ0n) is 21.1. The van der Waals surface area contributed by atoms with E-state index in [1.54, 1.807) is 17.2 Å². The van der Waals surface area contributed by atoms with Crippen molar-refractivity contribution in [2.45, 2.75) is 38.3 Å². The number of fused-ring (bicyclic) bond motifs is 2. The Balaban J connectivity index is 1.52. The number of aromatic nitrogens is 2. The van der Waals surface area contributed by atoms with Crippen molar-refractivity contribution in [3.05, 3.63) is 70.5 Å². The van der Waals surface area contributed by atoms with Crippen molar-refractivity contribution >= 4 is 23.2 Å². The lowest BCUT2D eigenvalue weighted by atomic mass is 9.63. The molecule has 1 aromatic carbocycles. The van der Waals surface area contributed by atoms with Crippen molar-refractivity contribution in [2.75, 3.05) is 31.1 Å². The van der Waals surface area contributed by atoms with Gasteiger partial charge >= 0.3 is 6.18 Å². The molecule has 200 valence electrons. The molecule has 0 bridgehead atoms. The number of hydrogen-bond acceptors (Lipinski definition) is 5. The van der Waals surface area contributed by atoms with Gasteiger partial charge in [-0.3, -0.25) is 4.79 Å². The maximum atomic E-state index is 13.9. The minimum Gasteiger partial charge on any atom is -0.477 e. The number of alkyl halides is 3. The first-order chi connectivity index (χ1) is 18.2. The number of amides is 1. The number of ether oxygens (including phenoxy) is 1. The topological polar surface area (TPSA) is 67.3 Å². The van der Waals surface area contributed by atoms with Crippen LogP contribution in [0, 0.1) is 5.92 Å². The van der Waals surface area contributed by atoms with Crippen LogP contribution >= 0.6 is 11.6 Å². The van der Waals surface area contributed by atoms with Gasteiger partial charge in [-0.1, -0.05) is 31.0 Å². The molecule has 2 atom stereocenters. The maximum Gasteiger partial charge on any atom is 0.418 e. The fourth-order valence-corrected chi connectivity index (χ4v) is 6.02. The molecule has 2 aliphatic rings. The van der Waals surface area contributed by atoms with Crippen molar-refractivity contribution in [3.8, 4) is 17.1 Å². The third-order valence-corrected chi connectivity index (χ3v) is 7.92. The molecule has 1 saturated heterocycles. The molecule has 4 heterocycles. The lowest BCUT2D eigenvalue weighted by molar-refractivity contribution is -0.137. The van der Waals surface area contributed by atoms with E-state index in [9.17, 15) is 18.0 Å². The molecule has 2 aromatic heterocycles. The van der Waals surface area contributed by atoms with Gasteiger partial charge in [0.1, 0.15) is 5.69 Å². The van der Waals surface area contributed by atoms with Gasteiger partial charge in [0.05, 0.1) is 23.4 Å². The average Bonchev–Trinajstić information content (AvgIpc) is 2.91. The number of benzene rings is 1. The summed E-state index contributed by atoms with van der Waals surface area (Å²) in [5.41, 5.74) is 1.40. The average molecular weight is 545 g/mol. The number of carbonyl (C=O) groups excluding carboxylic acids is 1. The van der Waals surface area contributed by atoms with Crippen LogP contribution in [-0.4, -0.2) is 42.1 Å². The fourth-order valence-electron chi connectivity index (χ4n) is 5.85. The largest absolute Gasteiger partial charge is 0.477 e. The van der Waals surface area contributed by atoms with E-state index in [1.165, 1.54) is 12.1 Å². The lowest BCUT2D eigenvalue weighted by Crippen LogP contribution is -2.58. The lowest BCUT2D eigenvalue weighted by Gasteiger charge is -2.51. The predicted molar refractivity (Wildman–Crippen MR) is 140 cm³/mol. The zero-order valence-corrected chi connectivity index (χ0v) is 21.9. The van der Waals surface area contributed by atoms with Gasteiger partial charge in [0, 0.05) is 42.0 Å². The fraction of sp³-hybridized carbons (Fsp3) is 0.393. The van der Waals surface area contributed by atoms with Gasteiger partial charge in [0.25, 0.3) is 5.91 Å². The van der Waals surface area contributed by atoms with E-state index in [-0.39, 0.29) is 22.5 Å². The number of anilines is 1. The van der Waals surface area contributed by atoms with Gasteiger partial charge in [-0.25, -0.2) is 9.97 Å². The van der Waals surface area contributed by atoms with Gasteiger partial charge in [-0.2, -0.15) is 13.2 Å². The van der Waals surface area contributed by atoms with Gasteiger partial charge in [0.2, 0.25) is 5.88 Å². The Morgan fingerprint density at radius 2 is 2.03 bits per heavy atom. The SMILES string of the molecule is CCOc1ncccc1-c1ccc2c(n1)C(=O)NCC21CCN(c2ccc(Cl)cc2C(F)(F)F)CC1CC. The molecule has 2 aliphatic heterocycles. The minimum absolute atomic E-state index is 0.0163. The van der Waals surface area contributed by atoms with Crippen LogP contribution in [0.1, 0.15) is 48.3 Å². The highest BCUT2D eigenvalue weighted by atomic mass is 35.5. The van der Waals surface area contributed by atoms with E-state index >= 15 is 0 Å². The summed E-state index contributed by atoms with van der Waals surface area (Å²) in [6.45, 7) is 5.57. The molecule has 2 unspecified atom stereocenters. The van der Waals surface area contributed by atoms with E-state index in [4.69, 9.17) is 21.3 Å². The monoisotopic (exact) mass is 544 g/mol. The second kappa shape index (κ2) is 10.1. The summed E-state index contributed by atoms with van der Waals surface area (Å²) in [5, 5.41) is 3.06. The molecule has 10 heteroatoms. The molecule has 5 rings (SSSR count). The summed E-state index contributed by atoms with van der Waals surface area (Å²) >= 11 is 5.91. The molecular weight excluding hydrogens is 517 g/mol. The number of hydrogen-bond donors (Lipinski definition) is 1. The summed E-state index contributed by atoms with van der Waals surface area (Å²) in [6.07, 6.45) is -1.59. The van der Waals surface area contributed by atoms with E-state index in [1.807, 2.05) is 32.0 Å². The van der Waals surface area contributed by atoms with Crippen LogP contribution in [0.4, 0.5) is 18.9 Å². The van der Waals surface area contributed by atoms with Gasteiger partial charge in [-0.05, 0) is 61.2 Å². The highest BCUT2D eigenvalue weighted by Crippen LogP contribution is 2.47. The molecular formula is C28H28ClF3N4O2. The molecule has 0 aliphatic carbocycles. The molecule has 0 saturated carbocycles. The number of halogens is 4. The van der Waals surface area contributed by atoms with Crippen LogP contribution in [0.2, 0.25) is 5.02 Å². The third-order valence-electron chi connectivity index (χ3n) is 7.69. The highest BCUT2D eigenvalue weighted by Gasteiger charge is 2.49. The quantitative estimate of drug-likeness (QED) is 0.418. The smallest absolute Gasteiger partial charge is 0.418 e. The van der Waals surface area contributed by atoms with Gasteiger partial charge in [0.15, 0.2) is 0 Å². The molecule has 6 nitrogen and oxygen atoms in total. The van der Waals surface area contributed by atoms with Crippen LogP contribution < -0.4 is 15.0 Å². The molecule has 1 amide bonds. The maximum absolute atomic E-state index is 13.9. The van der Waals surface area contributed by atoms with Gasteiger partial charge < -0.3 is 15.0 Å². The minimum atomic E-state index is -4.52. The van der Waals surface area contributed by atoms with Crippen molar-refractivity contribution in [2.24, 2.45) is 5.92 Å². The summed E-state index contributed by atoms with van der Waals surface area (Å²) in [6, 6.07) is 11.4. The Bertz CT molecular complexity index is 1370. The van der Waals surface area contributed by atoms with Crippen molar-refractivity contribution < 1.29 is 22.7 Å². The Kier molecular flexibility index (Phi) is 6.98.